The van der Waals surface area contributed by atoms with Crippen molar-refractivity contribution in [2.75, 3.05) is 0 Å². The first-order valence-electron chi connectivity index (χ1n) is 8.89. The third-order valence-corrected chi connectivity index (χ3v) is 4.74. The van der Waals surface area contributed by atoms with Crippen molar-refractivity contribution in [2.45, 2.75) is 31.2 Å². The summed E-state index contributed by atoms with van der Waals surface area (Å²) in [7, 11) is 0. The Morgan fingerprint density at radius 2 is 1.54 bits per heavy atom. The fraction of sp³-hybridized carbons (Fsp3) is 0.227. The molecular weight excluding hydrogens is 378 g/mol. The van der Waals surface area contributed by atoms with Gasteiger partial charge in [0.25, 0.3) is 0 Å². The van der Waals surface area contributed by atoms with Gasteiger partial charge in [-0.25, -0.2) is 4.79 Å². The molecule has 6 heteroatoms. The van der Waals surface area contributed by atoms with Crippen LogP contribution in [0.25, 0.3) is 0 Å². The van der Waals surface area contributed by atoms with Crippen molar-refractivity contribution in [1.82, 2.24) is 5.32 Å². The van der Waals surface area contributed by atoms with Gasteiger partial charge >= 0.3 is 5.97 Å². The van der Waals surface area contributed by atoms with Gasteiger partial charge in [-0.1, -0.05) is 60.7 Å². The van der Waals surface area contributed by atoms with E-state index in [9.17, 15) is 19.5 Å². The van der Waals surface area contributed by atoms with Gasteiger partial charge in [-0.2, -0.15) is 0 Å². The molecule has 3 rings (SSSR count). The molecule has 0 spiro atoms. The summed E-state index contributed by atoms with van der Waals surface area (Å²) in [5.41, 5.74) is 1.89. The lowest BCUT2D eigenvalue weighted by atomic mass is 9.80. The summed E-state index contributed by atoms with van der Waals surface area (Å²) in [5, 5.41) is 12.2. The lowest BCUT2D eigenvalue weighted by Crippen LogP contribution is -2.37. The summed E-state index contributed by atoms with van der Waals surface area (Å²) in [4.78, 5) is 36.4. The van der Waals surface area contributed by atoms with Crippen LogP contribution in [-0.4, -0.2) is 28.7 Å². The number of carboxylic acid groups (broad SMARTS) is 1. The number of hydrogen-bond acceptors (Lipinski definition) is 4. The number of benzene rings is 2. The Morgan fingerprint density at radius 3 is 2.07 bits per heavy atom. The number of rotatable bonds is 6. The van der Waals surface area contributed by atoms with E-state index in [4.69, 9.17) is 0 Å². The Hall–Kier alpha value is -2.92. The highest BCUT2D eigenvalue weighted by molar-refractivity contribution is 6.22. The van der Waals surface area contributed by atoms with E-state index in [0.29, 0.717) is 0 Å². The zero-order valence-corrected chi connectivity index (χ0v) is 16.0. The average Bonchev–Trinajstić information content (AvgIpc) is 2.67. The zero-order chi connectivity index (χ0) is 19.2. The summed E-state index contributed by atoms with van der Waals surface area (Å²) in [6.07, 6.45) is 2.04. The van der Waals surface area contributed by atoms with Crippen LogP contribution in [-0.2, 0) is 20.8 Å². The third kappa shape index (κ3) is 5.30. The van der Waals surface area contributed by atoms with E-state index in [0.717, 1.165) is 11.1 Å². The van der Waals surface area contributed by atoms with Gasteiger partial charge in [0, 0.05) is 25.5 Å². The van der Waals surface area contributed by atoms with Crippen LogP contribution in [0.15, 0.2) is 72.4 Å². The first-order chi connectivity index (χ1) is 13.0. The quantitative estimate of drug-likeness (QED) is 0.575. The molecule has 1 fully saturated rings. The number of aliphatic carboxylic acids is 1. The van der Waals surface area contributed by atoms with Crippen molar-refractivity contribution in [1.29, 1.82) is 0 Å². The molecule has 5 nitrogen and oxygen atoms in total. The molecule has 2 aromatic rings. The monoisotopic (exact) mass is 399 g/mol. The maximum Gasteiger partial charge on any atom is 0.326 e. The van der Waals surface area contributed by atoms with Crippen LogP contribution in [0.3, 0.4) is 0 Å². The number of carbonyl (C=O) groups is 3. The number of hydrogen-bond donors (Lipinski definition) is 2. The second-order valence-corrected chi connectivity index (χ2v) is 6.67. The standard InChI is InChI=1S/C22H21NO4.ClH/c24-20-12-17(16-9-5-2-6-10-16)13-21(25)18(20)14-23-19(22(26)27)11-15-7-3-1-4-8-15;/h1-10,14,17,19,23H,11-13H2,(H,26,27);1H/t17?,19-;/m0./s1. The Bertz CT molecular complexity index is 845. The van der Waals surface area contributed by atoms with Gasteiger partial charge in [0.2, 0.25) is 0 Å². The van der Waals surface area contributed by atoms with Crippen LogP contribution in [0.2, 0.25) is 0 Å². The summed E-state index contributed by atoms with van der Waals surface area (Å²) in [6, 6.07) is 17.8. The fourth-order valence-electron chi connectivity index (χ4n) is 3.27. The first-order valence-corrected chi connectivity index (χ1v) is 8.89. The number of nitrogens with one attached hydrogen (secondary N) is 1. The second-order valence-electron chi connectivity index (χ2n) is 6.67. The fourth-order valence-corrected chi connectivity index (χ4v) is 3.27. The first kappa shape index (κ1) is 21.4. The highest BCUT2D eigenvalue weighted by Crippen LogP contribution is 2.31. The maximum absolute atomic E-state index is 12.5. The van der Waals surface area contributed by atoms with Crippen LogP contribution in [0.1, 0.15) is 29.9 Å². The van der Waals surface area contributed by atoms with Crippen molar-refractivity contribution in [3.63, 3.8) is 0 Å². The van der Waals surface area contributed by atoms with Crippen LogP contribution < -0.4 is 5.32 Å². The minimum Gasteiger partial charge on any atom is -0.480 e. The largest absolute Gasteiger partial charge is 0.480 e. The number of Topliss-reactive ketones (excluding diaryl/α,β-unsaturated/α-hetero) is 2. The van der Waals surface area contributed by atoms with E-state index < -0.39 is 12.0 Å². The third-order valence-electron chi connectivity index (χ3n) is 4.74. The predicted molar refractivity (Wildman–Crippen MR) is 108 cm³/mol. The zero-order valence-electron chi connectivity index (χ0n) is 15.2. The minimum atomic E-state index is -1.03. The van der Waals surface area contributed by atoms with E-state index in [1.165, 1.54) is 6.20 Å². The molecule has 146 valence electrons. The topological polar surface area (TPSA) is 83.5 Å². The van der Waals surface area contributed by atoms with Crippen molar-refractivity contribution in [3.05, 3.63) is 83.6 Å². The summed E-state index contributed by atoms with van der Waals surface area (Å²) in [5.74, 6) is -1.66. The molecule has 2 N–H and O–H groups in total. The van der Waals surface area contributed by atoms with Gasteiger partial charge < -0.3 is 10.4 Å². The van der Waals surface area contributed by atoms with E-state index in [2.05, 4.69) is 5.32 Å². The highest BCUT2D eigenvalue weighted by Gasteiger charge is 2.31. The second kappa shape index (κ2) is 9.85. The lowest BCUT2D eigenvalue weighted by Gasteiger charge is -2.23. The van der Waals surface area contributed by atoms with E-state index >= 15 is 0 Å². The normalized spacial score (nSPS) is 17.4. The van der Waals surface area contributed by atoms with E-state index in [-0.39, 0.29) is 54.7 Å². The molecule has 1 aliphatic carbocycles. The maximum atomic E-state index is 12.5. The van der Waals surface area contributed by atoms with E-state index in [1.54, 1.807) is 0 Å². The average molecular weight is 400 g/mol. The van der Waals surface area contributed by atoms with Crippen LogP contribution >= 0.6 is 12.4 Å². The molecule has 0 heterocycles. The molecule has 1 atom stereocenters. The summed E-state index contributed by atoms with van der Waals surface area (Å²) in [6.45, 7) is 0. The summed E-state index contributed by atoms with van der Waals surface area (Å²) < 4.78 is 0. The van der Waals surface area contributed by atoms with Gasteiger partial charge in [-0.05, 0) is 17.0 Å². The summed E-state index contributed by atoms with van der Waals surface area (Å²) >= 11 is 0. The molecule has 28 heavy (non-hydrogen) atoms. The van der Waals surface area contributed by atoms with Crippen LogP contribution in [0.5, 0.6) is 0 Å². The minimum absolute atomic E-state index is 0. The molecule has 2 aromatic carbocycles. The molecule has 0 amide bonds. The van der Waals surface area contributed by atoms with Gasteiger partial charge in [0.15, 0.2) is 11.6 Å². The van der Waals surface area contributed by atoms with Crippen molar-refractivity contribution in [2.24, 2.45) is 0 Å². The lowest BCUT2D eigenvalue weighted by molar-refractivity contribution is -0.139. The van der Waals surface area contributed by atoms with Crippen LogP contribution in [0, 0.1) is 0 Å². The SMILES string of the molecule is Cl.O=C1CC(c2ccccc2)CC(=O)C1=CN[C@@H](Cc1ccccc1)C(=O)O. The predicted octanol–water partition coefficient (Wildman–Crippen LogP) is 3.29. The number of allylic oxidation sites excluding steroid dienone is 1. The highest BCUT2D eigenvalue weighted by atomic mass is 35.5. The van der Waals surface area contributed by atoms with Crippen molar-refractivity contribution in [3.8, 4) is 0 Å². The molecule has 0 aliphatic heterocycles. The Labute approximate surface area is 169 Å². The van der Waals surface area contributed by atoms with Gasteiger partial charge in [0.1, 0.15) is 6.04 Å². The number of carboxylic acids is 1. The Balaban J connectivity index is 0.00000280. The van der Waals surface area contributed by atoms with Gasteiger partial charge in [-0.3, -0.25) is 9.59 Å². The Morgan fingerprint density at radius 1 is 1.00 bits per heavy atom. The smallest absolute Gasteiger partial charge is 0.326 e. The Kier molecular flexibility index (Phi) is 7.52. The molecule has 0 radical (unpaired) electrons. The molecule has 1 saturated carbocycles. The van der Waals surface area contributed by atoms with Gasteiger partial charge in [-0.15, -0.1) is 12.4 Å². The number of carbonyl (C=O) groups excluding carboxylic acids is 2. The van der Waals surface area contributed by atoms with Crippen LogP contribution in [0.4, 0.5) is 0 Å². The van der Waals surface area contributed by atoms with Crippen molar-refractivity contribution < 1.29 is 19.5 Å². The van der Waals surface area contributed by atoms with Gasteiger partial charge in [0.05, 0.1) is 5.57 Å². The van der Waals surface area contributed by atoms with E-state index in [1.807, 2.05) is 60.7 Å². The molecular formula is C22H22ClNO4. The molecule has 0 unspecified atom stereocenters. The number of halogens is 1. The molecule has 0 bridgehead atoms. The molecule has 0 aromatic heterocycles. The number of ketones is 2. The molecule has 1 aliphatic rings. The molecule has 0 saturated heterocycles. The van der Waals surface area contributed by atoms with Crippen molar-refractivity contribution >= 4 is 29.9 Å².